The van der Waals surface area contributed by atoms with Gasteiger partial charge in [-0.05, 0) is 37.6 Å². The number of benzene rings is 1. The molecule has 0 unspecified atom stereocenters. The van der Waals surface area contributed by atoms with Crippen LogP contribution in [0.1, 0.15) is 19.8 Å². The number of anilines is 1. The molecule has 0 saturated carbocycles. The van der Waals surface area contributed by atoms with Crippen LogP contribution in [-0.2, 0) is 9.59 Å². The van der Waals surface area contributed by atoms with Crippen molar-refractivity contribution in [3.63, 3.8) is 0 Å². The third-order valence-electron chi connectivity index (χ3n) is 4.94. The van der Waals surface area contributed by atoms with Crippen LogP contribution < -0.4 is 4.90 Å². The van der Waals surface area contributed by atoms with E-state index in [1.165, 1.54) is 12.1 Å². The van der Waals surface area contributed by atoms with Crippen LogP contribution >= 0.6 is 0 Å². The first kappa shape index (κ1) is 16.7. The maximum absolute atomic E-state index is 13.1. The lowest BCUT2D eigenvalue weighted by Crippen LogP contribution is -2.40. The first-order valence-electron chi connectivity index (χ1n) is 8.65. The van der Waals surface area contributed by atoms with Crippen LogP contribution in [0.15, 0.2) is 24.3 Å². The molecule has 1 aromatic carbocycles. The number of nitrogens with zero attached hydrogens (tertiary/aromatic N) is 3. The summed E-state index contributed by atoms with van der Waals surface area (Å²) in [5.74, 6) is -0.259. The van der Waals surface area contributed by atoms with E-state index in [0.717, 1.165) is 25.2 Å². The largest absolute Gasteiger partial charge is 0.370 e. The number of carbonyl (C=O) groups excluding carboxylic acids is 2. The molecule has 0 bridgehead atoms. The Morgan fingerprint density at radius 3 is 2.58 bits per heavy atom. The van der Waals surface area contributed by atoms with E-state index in [1.54, 1.807) is 17.0 Å². The van der Waals surface area contributed by atoms with Crippen LogP contribution in [-0.4, -0.2) is 60.9 Å². The molecule has 2 amide bonds. The minimum atomic E-state index is -0.239. The van der Waals surface area contributed by atoms with Gasteiger partial charge >= 0.3 is 0 Å². The van der Waals surface area contributed by atoms with Crippen molar-refractivity contribution >= 4 is 17.5 Å². The van der Waals surface area contributed by atoms with E-state index in [0.29, 0.717) is 32.6 Å². The molecule has 0 spiro atoms. The Labute approximate surface area is 142 Å². The van der Waals surface area contributed by atoms with Crippen LogP contribution in [0.2, 0.25) is 0 Å². The van der Waals surface area contributed by atoms with Gasteiger partial charge in [0.15, 0.2) is 0 Å². The first-order chi connectivity index (χ1) is 11.6. The maximum Gasteiger partial charge on any atom is 0.228 e. The van der Waals surface area contributed by atoms with Crippen molar-refractivity contribution in [1.29, 1.82) is 0 Å². The monoisotopic (exact) mass is 333 g/mol. The van der Waals surface area contributed by atoms with Crippen LogP contribution in [0.3, 0.4) is 0 Å². The average Bonchev–Trinajstić information content (AvgIpc) is 2.81. The highest BCUT2D eigenvalue weighted by Crippen LogP contribution is 2.22. The van der Waals surface area contributed by atoms with E-state index in [1.807, 2.05) is 11.8 Å². The highest BCUT2D eigenvalue weighted by Gasteiger charge is 2.36. The second-order valence-electron chi connectivity index (χ2n) is 6.48. The van der Waals surface area contributed by atoms with Gasteiger partial charge in [0, 0.05) is 51.4 Å². The molecule has 0 radical (unpaired) electrons. The molecule has 2 aliphatic heterocycles. The molecular formula is C18H24FN3O2. The Bertz CT molecular complexity index is 605. The molecule has 2 saturated heterocycles. The summed E-state index contributed by atoms with van der Waals surface area (Å²) >= 11 is 0. The van der Waals surface area contributed by atoms with E-state index in [2.05, 4.69) is 4.90 Å². The second kappa shape index (κ2) is 7.20. The van der Waals surface area contributed by atoms with Crippen LogP contribution in [0, 0.1) is 11.7 Å². The van der Waals surface area contributed by atoms with E-state index in [4.69, 9.17) is 0 Å². The van der Waals surface area contributed by atoms with Crippen molar-refractivity contribution in [3.8, 4) is 0 Å². The fraction of sp³-hybridized carbons (Fsp3) is 0.556. The van der Waals surface area contributed by atoms with Crippen molar-refractivity contribution in [2.75, 3.05) is 44.2 Å². The second-order valence-corrected chi connectivity index (χ2v) is 6.48. The summed E-state index contributed by atoms with van der Waals surface area (Å²) in [7, 11) is 0. The van der Waals surface area contributed by atoms with Crippen molar-refractivity contribution in [2.45, 2.75) is 19.8 Å². The summed E-state index contributed by atoms with van der Waals surface area (Å²) in [6.45, 7) is 6.10. The Kier molecular flexibility index (Phi) is 5.02. The predicted octanol–water partition coefficient (Wildman–Crippen LogP) is 1.73. The van der Waals surface area contributed by atoms with Gasteiger partial charge in [-0.3, -0.25) is 9.59 Å². The van der Waals surface area contributed by atoms with Gasteiger partial charge in [-0.1, -0.05) is 0 Å². The molecule has 2 fully saturated rings. The Hall–Kier alpha value is -2.11. The molecule has 0 aliphatic carbocycles. The van der Waals surface area contributed by atoms with Crippen molar-refractivity contribution in [2.24, 2.45) is 5.92 Å². The van der Waals surface area contributed by atoms with Gasteiger partial charge in [-0.25, -0.2) is 4.39 Å². The molecule has 2 aliphatic rings. The zero-order valence-corrected chi connectivity index (χ0v) is 14.1. The molecule has 2 heterocycles. The maximum atomic E-state index is 13.1. The lowest BCUT2D eigenvalue weighted by Gasteiger charge is -2.25. The zero-order valence-electron chi connectivity index (χ0n) is 14.1. The summed E-state index contributed by atoms with van der Waals surface area (Å²) in [5.41, 5.74) is 0.985. The summed E-state index contributed by atoms with van der Waals surface area (Å²) < 4.78 is 13.1. The number of likely N-dealkylation sites (tertiary alicyclic amines) is 1. The van der Waals surface area contributed by atoms with E-state index < -0.39 is 0 Å². The third kappa shape index (κ3) is 3.52. The van der Waals surface area contributed by atoms with Gasteiger partial charge in [-0.2, -0.15) is 0 Å². The van der Waals surface area contributed by atoms with Gasteiger partial charge < -0.3 is 14.7 Å². The SMILES string of the molecule is CCN1C[C@@H](C(=O)N2CCCN(c3ccc(F)cc3)CC2)CC1=O. The summed E-state index contributed by atoms with van der Waals surface area (Å²) in [6.07, 6.45) is 1.21. The highest BCUT2D eigenvalue weighted by atomic mass is 19.1. The van der Waals surface area contributed by atoms with Crippen molar-refractivity contribution in [3.05, 3.63) is 30.1 Å². The number of halogens is 1. The smallest absolute Gasteiger partial charge is 0.228 e. The van der Waals surface area contributed by atoms with Gasteiger partial charge in [-0.15, -0.1) is 0 Å². The average molecular weight is 333 g/mol. The molecular weight excluding hydrogens is 309 g/mol. The quantitative estimate of drug-likeness (QED) is 0.846. The molecule has 1 atom stereocenters. The Morgan fingerprint density at radius 2 is 1.92 bits per heavy atom. The van der Waals surface area contributed by atoms with E-state index in [9.17, 15) is 14.0 Å². The Balaban J connectivity index is 1.60. The number of rotatable bonds is 3. The minimum absolute atomic E-state index is 0.0820. The fourth-order valence-corrected chi connectivity index (χ4v) is 3.55. The van der Waals surface area contributed by atoms with Gasteiger partial charge in [0.25, 0.3) is 0 Å². The fourth-order valence-electron chi connectivity index (χ4n) is 3.55. The molecule has 24 heavy (non-hydrogen) atoms. The molecule has 130 valence electrons. The molecule has 0 aromatic heterocycles. The number of carbonyl (C=O) groups is 2. The predicted molar refractivity (Wildman–Crippen MR) is 90.2 cm³/mol. The topological polar surface area (TPSA) is 43.9 Å². The van der Waals surface area contributed by atoms with Gasteiger partial charge in [0.1, 0.15) is 5.82 Å². The number of hydrogen-bond acceptors (Lipinski definition) is 3. The van der Waals surface area contributed by atoms with Gasteiger partial charge in [0.2, 0.25) is 11.8 Å². The van der Waals surface area contributed by atoms with Crippen LogP contribution in [0.4, 0.5) is 10.1 Å². The lowest BCUT2D eigenvalue weighted by atomic mass is 10.1. The zero-order chi connectivity index (χ0) is 17.1. The lowest BCUT2D eigenvalue weighted by molar-refractivity contribution is -0.135. The van der Waals surface area contributed by atoms with Crippen molar-refractivity contribution < 1.29 is 14.0 Å². The molecule has 0 N–H and O–H groups in total. The highest BCUT2D eigenvalue weighted by molar-refractivity contribution is 5.89. The van der Waals surface area contributed by atoms with E-state index in [-0.39, 0.29) is 23.5 Å². The Morgan fingerprint density at radius 1 is 1.17 bits per heavy atom. The third-order valence-corrected chi connectivity index (χ3v) is 4.94. The minimum Gasteiger partial charge on any atom is -0.370 e. The van der Waals surface area contributed by atoms with Crippen LogP contribution in [0.25, 0.3) is 0 Å². The normalized spacial score (nSPS) is 22.0. The molecule has 5 nitrogen and oxygen atoms in total. The van der Waals surface area contributed by atoms with Gasteiger partial charge in [0.05, 0.1) is 5.92 Å². The summed E-state index contributed by atoms with van der Waals surface area (Å²) in [6, 6.07) is 6.49. The van der Waals surface area contributed by atoms with Crippen LogP contribution in [0.5, 0.6) is 0 Å². The summed E-state index contributed by atoms with van der Waals surface area (Å²) in [4.78, 5) is 30.4. The number of amides is 2. The number of hydrogen-bond donors (Lipinski definition) is 0. The summed E-state index contributed by atoms with van der Waals surface area (Å²) in [5, 5.41) is 0. The molecule has 6 heteroatoms. The van der Waals surface area contributed by atoms with Crippen molar-refractivity contribution in [1.82, 2.24) is 9.80 Å². The van der Waals surface area contributed by atoms with E-state index >= 15 is 0 Å². The molecule has 3 rings (SSSR count). The molecule has 1 aromatic rings. The standard InChI is InChI=1S/C18H24FN3O2/c1-2-20-13-14(12-17(20)23)18(24)22-9-3-8-21(10-11-22)16-6-4-15(19)5-7-16/h4-7,14H,2-3,8-13H2,1H3/t14-/m0/s1. The first-order valence-corrected chi connectivity index (χ1v) is 8.65.